The predicted molar refractivity (Wildman–Crippen MR) is 79.2 cm³/mol. The summed E-state index contributed by atoms with van der Waals surface area (Å²) < 4.78 is 10.8. The van der Waals surface area contributed by atoms with Crippen molar-refractivity contribution in [1.29, 1.82) is 0 Å². The van der Waals surface area contributed by atoms with Crippen LogP contribution in [-0.4, -0.2) is 39.9 Å². The van der Waals surface area contributed by atoms with E-state index in [2.05, 4.69) is 4.98 Å². The van der Waals surface area contributed by atoms with Gasteiger partial charge in [-0.3, -0.25) is 19.9 Å². The van der Waals surface area contributed by atoms with Crippen LogP contribution in [0.2, 0.25) is 0 Å². The molecule has 8 nitrogen and oxygen atoms in total. The van der Waals surface area contributed by atoms with Gasteiger partial charge < -0.3 is 14.1 Å². The molecule has 120 valence electrons. The lowest BCUT2D eigenvalue weighted by molar-refractivity contribution is -0.402. The van der Waals surface area contributed by atoms with Gasteiger partial charge in [0.1, 0.15) is 16.8 Å². The highest BCUT2D eigenvalue weighted by molar-refractivity contribution is 5.91. The number of piperidine rings is 1. The lowest BCUT2D eigenvalue weighted by atomic mass is 10.1. The van der Waals surface area contributed by atoms with Gasteiger partial charge in [-0.15, -0.1) is 0 Å². The van der Waals surface area contributed by atoms with E-state index in [4.69, 9.17) is 9.15 Å². The molecule has 2 aromatic rings. The van der Waals surface area contributed by atoms with Crippen LogP contribution < -0.4 is 4.74 Å². The Kier molecular flexibility index (Phi) is 4.22. The lowest BCUT2D eigenvalue weighted by Gasteiger charge is -2.31. The fraction of sp³-hybridized carbons (Fsp3) is 0.333. The highest BCUT2D eigenvalue weighted by Crippen LogP contribution is 2.21. The molecular formula is C15H15N3O5. The number of amides is 1. The van der Waals surface area contributed by atoms with Gasteiger partial charge in [0.25, 0.3) is 5.91 Å². The zero-order valence-electron chi connectivity index (χ0n) is 12.3. The number of pyridine rings is 1. The first-order valence-electron chi connectivity index (χ1n) is 7.23. The summed E-state index contributed by atoms with van der Waals surface area (Å²) in [6.45, 7) is 1.02. The van der Waals surface area contributed by atoms with E-state index in [1.54, 1.807) is 23.4 Å². The van der Waals surface area contributed by atoms with Gasteiger partial charge in [-0.2, -0.15) is 0 Å². The van der Waals surface area contributed by atoms with E-state index in [9.17, 15) is 14.9 Å². The van der Waals surface area contributed by atoms with Crippen LogP contribution in [0.15, 0.2) is 41.1 Å². The average Bonchev–Trinajstić information content (AvgIpc) is 3.06. The summed E-state index contributed by atoms with van der Waals surface area (Å²) in [7, 11) is 0. The number of nitrogens with zero attached hydrogens (tertiary/aromatic N) is 3. The van der Waals surface area contributed by atoms with Crippen molar-refractivity contribution in [2.24, 2.45) is 0 Å². The third-order valence-corrected chi connectivity index (χ3v) is 3.65. The van der Waals surface area contributed by atoms with Crippen molar-refractivity contribution in [3.05, 3.63) is 52.5 Å². The lowest BCUT2D eigenvalue weighted by Crippen LogP contribution is -2.41. The zero-order chi connectivity index (χ0) is 16.2. The maximum atomic E-state index is 12.3. The molecule has 0 unspecified atom stereocenters. The molecule has 0 aromatic carbocycles. The van der Waals surface area contributed by atoms with Gasteiger partial charge in [-0.1, -0.05) is 0 Å². The Morgan fingerprint density at radius 1 is 1.35 bits per heavy atom. The van der Waals surface area contributed by atoms with Gasteiger partial charge in [0.15, 0.2) is 5.76 Å². The molecule has 0 spiro atoms. The van der Waals surface area contributed by atoms with E-state index in [1.165, 1.54) is 12.1 Å². The van der Waals surface area contributed by atoms with Gasteiger partial charge >= 0.3 is 5.88 Å². The van der Waals surface area contributed by atoms with Crippen molar-refractivity contribution < 1.29 is 18.9 Å². The topological polar surface area (TPSA) is 98.7 Å². The number of furan rings is 1. The Morgan fingerprint density at radius 2 is 2.13 bits per heavy atom. The van der Waals surface area contributed by atoms with Crippen LogP contribution in [0.25, 0.3) is 0 Å². The Balaban J connectivity index is 1.55. The summed E-state index contributed by atoms with van der Waals surface area (Å²) in [6, 6.07) is 6.16. The van der Waals surface area contributed by atoms with Crippen LogP contribution in [-0.2, 0) is 0 Å². The molecule has 8 heteroatoms. The van der Waals surface area contributed by atoms with Crippen LogP contribution in [0.3, 0.4) is 0 Å². The standard InChI is InChI=1S/C15H15N3O5/c19-15(13-3-4-14(23-13)18(20)21)17-8-5-11(6-9-17)22-12-2-1-7-16-10-12/h1-4,7,10-11H,5-6,8-9H2. The van der Waals surface area contributed by atoms with Crippen LogP contribution in [0.5, 0.6) is 5.75 Å². The SMILES string of the molecule is O=C(c1ccc([N+](=O)[O-])o1)N1CCC(Oc2cccnc2)CC1. The van der Waals surface area contributed by atoms with Crippen molar-refractivity contribution >= 4 is 11.8 Å². The molecule has 3 rings (SSSR count). The molecule has 0 N–H and O–H groups in total. The van der Waals surface area contributed by atoms with E-state index in [0.29, 0.717) is 31.7 Å². The van der Waals surface area contributed by atoms with Crippen molar-refractivity contribution in [3.63, 3.8) is 0 Å². The summed E-state index contributed by atoms with van der Waals surface area (Å²) >= 11 is 0. The van der Waals surface area contributed by atoms with Gasteiger partial charge in [0, 0.05) is 32.1 Å². The van der Waals surface area contributed by atoms with Gasteiger partial charge in [-0.05, 0) is 18.2 Å². The molecule has 1 aliphatic rings. The highest BCUT2D eigenvalue weighted by atomic mass is 16.6. The summed E-state index contributed by atoms with van der Waals surface area (Å²) in [6.07, 6.45) is 4.72. The second kappa shape index (κ2) is 6.47. The van der Waals surface area contributed by atoms with Crippen molar-refractivity contribution in [3.8, 4) is 5.75 Å². The molecule has 0 radical (unpaired) electrons. The van der Waals surface area contributed by atoms with E-state index >= 15 is 0 Å². The Labute approximate surface area is 131 Å². The molecule has 0 saturated carbocycles. The minimum atomic E-state index is -0.662. The number of nitro groups is 1. The number of likely N-dealkylation sites (tertiary alicyclic amines) is 1. The molecular weight excluding hydrogens is 302 g/mol. The summed E-state index contributed by atoms with van der Waals surface area (Å²) in [5, 5.41) is 10.6. The summed E-state index contributed by atoms with van der Waals surface area (Å²) in [4.78, 5) is 27.8. The average molecular weight is 317 g/mol. The normalized spacial score (nSPS) is 15.4. The van der Waals surface area contributed by atoms with E-state index in [-0.39, 0.29) is 17.8 Å². The number of carbonyl (C=O) groups excluding carboxylic acids is 1. The number of rotatable bonds is 4. The molecule has 1 amide bonds. The van der Waals surface area contributed by atoms with E-state index < -0.39 is 10.8 Å². The molecule has 2 aromatic heterocycles. The van der Waals surface area contributed by atoms with Crippen LogP contribution in [0, 0.1) is 10.1 Å². The largest absolute Gasteiger partial charge is 0.489 e. The fourth-order valence-electron chi connectivity index (χ4n) is 2.48. The van der Waals surface area contributed by atoms with Crippen molar-refractivity contribution in [2.45, 2.75) is 18.9 Å². The van der Waals surface area contributed by atoms with Crippen molar-refractivity contribution in [2.75, 3.05) is 13.1 Å². The second-order valence-electron chi connectivity index (χ2n) is 5.19. The third-order valence-electron chi connectivity index (χ3n) is 3.65. The molecule has 0 bridgehead atoms. The smallest absolute Gasteiger partial charge is 0.433 e. The number of aromatic nitrogens is 1. The Morgan fingerprint density at radius 3 is 2.74 bits per heavy atom. The molecule has 23 heavy (non-hydrogen) atoms. The van der Waals surface area contributed by atoms with Gasteiger partial charge in [-0.25, -0.2) is 0 Å². The van der Waals surface area contributed by atoms with Gasteiger partial charge in [0.2, 0.25) is 0 Å². The molecule has 1 aliphatic heterocycles. The quantitative estimate of drug-likeness (QED) is 0.633. The molecule has 1 saturated heterocycles. The summed E-state index contributed by atoms with van der Waals surface area (Å²) in [5.74, 6) is -0.0664. The Bertz CT molecular complexity index is 692. The molecule has 0 atom stereocenters. The van der Waals surface area contributed by atoms with Crippen LogP contribution >= 0.6 is 0 Å². The van der Waals surface area contributed by atoms with Crippen molar-refractivity contribution in [1.82, 2.24) is 9.88 Å². The van der Waals surface area contributed by atoms with E-state index in [0.717, 1.165) is 0 Å². The number of hydrogen-bond acceptors (Lipinski definition) is 6. The zero-order valence-corrected chi connectivity index (χ0v) is 12.3. The number of ether oxygens (including phenoxy) is 1. The number of carbonyl (C=O) groups is 1. The monoisotopic (exact) mass is 317 g/mol. The summed E-state index contributed by atoms with van der Waals surface area (Å²) in [5.41, 5.74) is 0. The minimum absolute atomic E-state index is 0.0108. The highest BCUT2D eigenvalue weighted by Gasteiger charge is 2.27. The minimum Gasteiger partial charge on any atom is -0.489 e. The maximum absolute atomic E-state index is 12.3. The predicted octanol–water partition coefficient (Wildman–Crippen LogP) is 2.27. The van der Waals surface area contributed by atoms with Crippen LogP contribution in [0.4, 0.5) is 5.88 Å². The number of hydrogen-bond donors (Lipinski definition) is 0. The first-order chi connectivity index (χ1) is 11.1. The second-order valence-corrected chi connectivity index (χ2v) is 5.19. The maximum Gasteiger partial charge on any atom is 0.433 e. The first-order valence-corrected chi connectivity index (χ1v) is 7.23. The molecule has 1 fully saturated rings. The molecule has 3 heterocycles. The fourth-order valence-corrected chi connectivity index (χ4v) is 2.48. The van der Waals surface area contributed by atoms with Crippen LogP contribution in [0.1, 0.15) is 23.4 Å². The Hall–Kier alpha value is -2.90. The third kappa shape index (κ3) is 3.47. The van der Waals surface area contributed by atoms with E-state index in [1.807, 2.05) is 6.07 Å². The molecule has 0 aliphatic carbocycles. The van der Waals surface area contributed by atoms with Gasteiger partial charge in [0.05, 0.1) is 12.3 Å². The first kappa shape index (κ1) is 15.0.